The molecule has 6 nitrogen and oxygen atoms in total. The monoisotopic (exact) mass is 344 g/mol. The molecule has 0 radical (unpaired) electrons. The maximum absolute atomic E-state index is 13.6. The Bertz CT molecular complexity index is 750. The topological polar surface area (TPSA) is 58.3 Å². The van der Waals surface area contributed by atoms with Gasteiger partial charge >= 0.3 is 0 Å². The third-order valence-corrected chi connectivity index (χ3v) is 4.70. The second-order valence-electron chi connectivity index (χ2n) is 6.62. The van der Waals surface area contributed by atoms with Gasteiger partial charge in [-0.05, 0) is 37.5 Å². The van der Waals surface area contributed by atoms with Gasteiger partial charge in [-0.25, -0.2) is 9.37 Å². The smallest absolute Gasteiger partial charge is 0.194 e. The van der Waals surface area contributed by atoms with Crippen LogP contribution in [0.25, 0.3) is 0 Å². The van der Waals surface area contributed by atoms with Gasteiger partial charge in [0.05, 0.1) is 13.1 Å². The van der Waals surface area contributed by atoms with Crippen LogP contribution in [0.1, 0.15) is 31.2 Å². The van der Waals surface area contributed by atoms with E-state index in [9.17, 15) is 4.39 Å². The molecule has 0 amide bonds. The van der Waals surface area contributed by atoms with Crippen LogP contribution in [0.2, 0.25) is 0 Å². The minimum Gasteiger partial charge on any atom is -0.357 e. The summed E-state index contributed by atoms with van der Waals surface area (Å²) in [5.41, 5.74) is 1.03. The van der Waals surface area contributed by atoms with Crippen molar-refractivity contribution in [2.24, 2.45) is 12.0 Å². The van der Waals surface area contributed by atoms with Crippen LogP contribution < -0.4 is 5.32 Å². The number of guanidine groups is 1. The van der Waals surface area contributed by atoms with Gasteiger partial charge in [-0.2, -0.15) is 5.10 Å². The molecule has 1 aromatic heterocycles. The molecular weight excluding hydrogens is 319 g/mol. The standard InChI is InChI=1S/C18H25FN6/c1-4-20-17(24(2)11-16-22-13-23-25(16)3)21-12-18(8-9-18)14-6-5-7-15(19)10-14/h5-7,10,13H,4,8-9,11-12H2,1-3H3,(H,20,21). The lowest BCUT2D eigenvalue weighted by molar-refractivity contribution is 0.447. The van der Waals surface area contributed by atoms with Crippen LogP contribution in [0.15, 0.2) is 35.6 Å². The van der Waals surface area contributed by atoms with Gasteiger partial charge in [-0.15, -0.1) is 0 Å². The maximum Gasteiger partial charge on any atom is 0.194 e. The number of hydrogen-bond donors (Lipinski definition) is 1. The molecule has 0 bridgehead atoms. The summed E-state index contributed by atoms with van der Waals surface area (Å²) in [6, 6.07) is 6.90. The molecule has 1 aliphatic rings. The van der Waals surface area contributed by atoms with Gasteiger partial charge in [0.25, 0.3) is 0 Å². The Hall–Kier alpha value is -2.44. The van der Waals surface area contributed by atoms with Gasteiger partial charge in [0, 0.05) is 26.1 Å². The van der Waals surface area contributed by atoms with Crippen molar-refractivity contribution in [2.75, 3.05) is 20.1 Å². The minimum absolute atomic E-state index is 0.0195. The lowest BCUT2D eigenvalue weighted by Gasteiger charge is -2.22. The SMILES string of the molecule is CCNC(=NCC1(c2cccc(F)c2)CC1)N(C)Cc1ncnn1C. The van der Waals surface area contributed by atoms with Crippen molar-refractivity contribution in [3.63, 3.8) is 0 Å². The Kier molecular flexibility index (Phi) is 5.01. The molecule has 1 fully saturated rings. The fourth-order valence-electron chi connectivity index (χ4n) is 2.95. The summed E-state index contributed by atoms with van der Waals surface area (Å²) in [7, 11) is 3.86. The molecule has 1 aliphatic carbocycles. The molecule has 25 heavy (non-hydrogen) atoms. The molecule has 1 heterocycles. The van der Waals surface area contributed by atoms with Gasteiger partial charge in [-0.3, -0.25) is 9.67 Å². The lowest BCUT2D eigenvalue weighted by Crippen LogP contribution is -2.39. The van der Waals surface area contributed by atoms with E-state index in [4.69, 9.17) is 4.99 Å². The number of nitrogens with one attached hydrogen (secondary N) is 1. The Morgan fingerprint density at radius 1 is 1.44 bits per heavy atom. The highest BCUT2D eigenvalue weighted by molar-refractivity contribution is 5.79. The second-order valence-corrected chi connectivity index (χ2v) is 6.62. The average Bonchev–Trinajstić information content (AvgIpc) is 3.29. The van der Waals surface area contributed by atoms with Crippen LogP contribution in [-0.4, -0.2) is 45.8 Å². The molecule has 1 saturated carbocycles. The summed E-state index contributed by atoms with van der Waals surface area (Å²) in [4.78, 5) is 11.1. The van der Waals surface area contributed by atoms with E-state index in [1.165, 1.54) is 6.07 Å². The summed E-state index contributed by atoms with van der Waals surface area (Å²) in [6.45, 7) is 4.11. The van der Waals surface area contributed by atoms with E-state index < -0.39 is 0 Å². The number of aryl methyl sites for hydroxylation is 1. The van der Waals surface area contributed by atoms with Gasteiger partial charge in [0.15, 0.2) is 5.96 Å². The van der Waals surface area contributed by atoms with Crippen molar-refractivity contribution < 1.29 is 4.39 Å². The highest BCUT2D eigenvalue weighted by atomic mass is 19.1. The van der Waals surface area contributed by atoms with Crippen molar-refractivity contribution in [1.29, 1.82) is 0 Å². The van der Waals surface area contributed by atoms with Crippen LogP contribution in [-0.2, 0) is 19.0 Å². The van der Waals surface area contributed by atoms with Crippen molar-refractivity contribution in [3.05, 3.63) is 47.8 Å². The molecule has 0 unspecified atom stereocenters. The first-order valence-corrected chi connectivity index (χ1v) is 8.62. The zero-order valence-corrected chi connectivity index (χ0v) is 15.0. The fraction of sp³-hybridized carbons (Fsp3) is 0.500. The first kappa shape index (κ1) is 17.4. The largest absolute Gasteiger partial charge is 0.357 e. The predicted molar refractivity (Wildman–Crippen MR) is 95.8 cm³/mol. The summed E-state index contributed by atoms with van der Waals surface area (Å²) in [5.74, 6) is 1.52. The molecule has 0 aliphatic heterocycles. The molecule has 0 spiro atoms. The molecule has 7 heteroatoms. The van der Waals surface area contributed by atoms with Crippen LogP contribution in [0.5, 0.6) is 0 Å². The molecule has 3 rings (SSSR count). The Labute approximate surface area is 147 Å². The van der Waals surface area contributed by atoms with Gasteiger partial charge in [0.1, 0.15) is 18.0 Å². The van der Waals surface area contributed by atoms with E-state index in [2.05, 4.69) is 15.4 Å². The quantitative estimate of drug-likeness (QED) is 0.644. The summed E-state index contributed by atoms with van der Waals surface area (Å²) in [5, 5.41) is 7.42. The fourth-order valence-corrected chi connectivity index (χ4v) is 2.95. The van der Waals surface area contributed by atoms with Crippen molar-refractivity contribution in [3.8, 4) is 0 Å². The van der Waals surface area contributed by atoms with Gasteiger partial charge in [0.2, 0.25) is 0 Å². The van der Waals surface area contributed by atoms with Crippen LogP contribution in [0, 0.1) is 5.82 Å². The number of benzene rings is 1. The molecule has 0 atom stereocenters. The average molecular weight is 344 g/mol. The third-order valence-electron chi connectivity index (χ3n) is 4.70. The number of halogens is 1. The number of rotatable bonds is 6. The van der Waals surface area contributed by atoms with Crippen molar-refractivity contribution >= 4 is 5.96 Å². The molecule has 1 N–H and O–H groups in total. The van der Waals surface area contributed by atoms with E-state index in [-0.39, 0.29) is 11.2 Å². The van der Waals surface area contributed by atoms with E-state index in [1.54, 1.807) is 23.1 Å². The van der Waals surface area contributed by atoms with E-state index in [0.29, 0.717) is 13.1 Å². The molecular formula is C18H25FN6. The second kappa shape index (κ2) is 7.21. The van der Waals surface area contributed by atoms with Crippen molar-refractivity contribution in [1.82, 2.24) is 25.0 Å². The number of aliphatic imine (C=N–C) groups is 1. The summed E-state index contributed by atoms with van der Waals surface area (Å²) in [6.07, 6.45) is 3.65. The van der Waals surface area contributed by atoms with Crippen LogP contribution >= 0.6 is 0 Å². The highest BCUT2D eigenvalue weighted by Gasteiger charge is 2.44. The van der Waals surface area contributed by atoms with Crippen LogP contribution in [0.3, 0.4) is 0 Å². The zero-order chi connectivity index (χ0) is 17.9. The van der Waals surface area contributed by atoms with Crippen molar-refractivity contribution in [2.45, 2.75) is 31.7 Å². The lowest BCUT2D eigenvalue weighted by atomic mass is 9.96. The number of nitrogens with zero attached hydrogens (tertiary/aromatic N) is 5. The normalized spacial score (nSPS) is 15.9. The maximum atomic E-state index is 13.6. The molecule has 134 valence electrons. The summed E-state index contributed by atoms with van der Waals surface area (Å²) < 4.78 is 15.3. The summed E-state index contributed by atoms with van der Waals surface area (Å²) >= 11 is 0. The Morgan fingerprint density at radius 2 is 2.24 bits per heavy atom. The molecule has 0 saturated heterocycles. The predicted octanol–water partition coefficient (Wildman–Crippen LogP) is 2.08. The molecule has 2 aromatic rings. The Morgan fingerprint density at radius 3 is 2.84 bits per heavy atom. The van der Waals surface area contributed by atoms with Crippen LogP contribution in [0.4, 0.5) is 4.39 Å². The minimum atomic E-state index is -0.181. The third kappa shape index (κ3) is 3.97. The van der Waals surface area contributed by atoms with E-state index in [0.717, 1.165) is 36.7 Å². The van der Waals surface area contributed by atoms with E-state index >= 15 is 0 Å². The zero-order valence-electron chi connectivity index (χ0n) is 15.0. The number of hydrogen-bond acceptors (Lipinski definition) is 3. The first-order valence-electron chi connectivity index (χ1n) is 8.62. The Balaban J connectivity index is 1.73. The first-order chi connectivity index (χ1) is 12.0. The molecule has 1 aromatic carbocycles. The van der Waals surface area contributed by atoms with Gasteiger partial charge in [-0.1, -0.05) is 12.1 Å². The van der Waals surface area contributed by atoms with E-state index in [1.807, 2.05) is 32.0 Å². The number of aromatic nitrogens is 3. The van der Waals surface area contributed by atoms with Gasteiger partial charge < -0.3 is 10.2 Å². The highest BCUT2D eigenvalue weighted by Crippen LogP contribution is 2.48.